The molecule has 5 nitrogen and oxygen atoms in total. The number of nitrogens with zero attached hydrogens (tertiary/aromatic N) is 1. The number of rotatable bonds is 6. The third kappa shape index (κ3) is 3.99. The van der Waals surface area contributed by atoms with Crippen molar-refractivity contribution in [3.8, 4) is 0 Å². The lowest BCUT2D eigenvalue weighted by molar-refractivity contribution is 0.103. The van der Waals surface area contributed by atoms with Gasteiger partial charge >= 0.3 is 0 Å². The van der Waals surface area contributed by atoms with Gasteiger partial charge in [0.25, 0.3) is 10.0 Å². The molecule has 0 unspecified atom stereocenters. The lowest BCUT2D eigenvalue weighted by atomic mass is 10.1. The highest BCUT2D eigenvalue weighted by atomic mass is 32.2. The maximum atomic E-state index is 12.7. The summed E-state index contributed by atoms with van der Waals surface area (Å²) in [6, 6.07) is 20.7. The summed E-state index contributed by atoms with van der Waals surface area (Å²) in [5.41, 5.74) is 1.28. The Morgan fingerprint density at radius 3 is 2.20 bits per heavy atom. The van der Waals surface area contributed by atoms with Crippen molar-refractivity contribution in [2.24, 2.45) is 0 Å². The van der Waals surface area contributed by atoms with Crippen LogP contribution in [0.5, 0.6) is 0 Å². The SMILES string of the molecule is O=C(c1ccccc1)c1cccnc1S(=O)(=O)NCc1ccccc1. The van der Waals surface area contributed by atoms with E-state index in [0.29, 0.717) is 5.56 Å². The second-order valence-corrected chi connectivity index (χ2v) is 7.04. The van der Waals surface area contributed by atoms with E-state index in [9.17, 15) is 13.2 Å². The highest BCUT2D eigenvalue weighted by Crippen LogP contribution is 2.17. The zero-order valence-electron chi connectivity index (χ0n) is 13.3. The maximum absolute atomic E-state index is 12.7. The Morgan fingerprint density at radius 1 is 0.880 bits per heavy atom. The first-order valence-electron chi connectivity index (χ1n) is 7.66. The van der Waals surface area contributed by atoms with E-state index < -0.39 is 10.0 Å². The summed E-state index contributed by atoms with van der Waals surface area (Å²) in [7, 11) is -3.92. The summed E-state index contributed by atoms with van der Waals surface area (Å²) in [5, 5.41) is -0.264. The minimum absolute atomic E-state index is 0.0502. The Hall–Kier alpha value is -2.83. The van der Waals surface area contributed by atoms with E-state index in [4.69, 9.17) is 0 Å². The van der Waals surface area contributed by atoms with Gasteiger partial charge in [0.05, 0.1) is 5.56 Å². The molecule has 0 aliphatic heterocycles. The quantitative estimate of drug-likeness (QED) is 0.692. The maximum Gasteiger partial charge on any atom is 0.259 e. The van der Waals surface area contributed by atoms with Crippen molar-refractivity contribution in [1.82, 2.24) is 9.71 Å². The van der Waals surface area contributed by atoms with Gasteiger partial charge in [-0.05, 0) is 17.7 Å². The molecule has 126 valence electrons. The van der Waals surface area contributed by atoms with E-state index in [2.05, 4.69) is 9.71 Å². The highest BCUT2D eigenvalue weighted by Gasteiger charge is 2.24. The third-order valence-electron chi connectivity index (χ3n) is 3.62. The van der Waals surface area contributed by atoms with E-state index >= 15 is 0 Å². The molecule has 0 saturated carbocycles. The number of carbonyl (C=O) groups is 1. The first kappa shape index (κ1) is 17.0. The zero-order chi connectivity index (χ0) is 17.7. The van der Waals surface area contributed by atoms with Crippen LogP contribution in [0.1, 0.15) is 21.5 Å². The number of carbonyl (C=O) groups excluding carboxylic acids is 1. The molecule has 0 spiro atoms. The van der Waals surface area contributed by atoms with Crippen molar-refractivity contribution in [3.63, 3.8) is 0 Å². The number of sulfonamides is 1. The van der Waals surface area contributed by atoms with Crippen molar-refractivity contribution in [3.05, 3.63) is 95.7 Å². The number of aromatic nitrogens is 1. The predicted octanol–water partition coefficient (Wildman–Crippen LogP) is 2.79. The summed E-state index contributed by atoms with van der Waals surface area (Å²) >= 11 is 0. The van der Waals surface area contributed by atoms with Crippen LogP contribution in [-0.4, -0.2) is 19.2 Å². The van der Waals surface area contributed by atoms with Crippen LogP contribution in [0, 0.1) is 0 Å². The molecule has 1 aromatic heterocycles. The average Bonchev–Trinajstić information content (AvgIpc) is 2.67. The fourth-order valence-corrected chi connectivity index (χ4v) is 3.51. The van der Waals surface area contributed by atoms with E-state index in [0.717, 1.165) is 5.56 Å². The fourth-order valence-electron chi connectivity index (χ4n) is 2.37. The molecule has 0 amide bonds. The van der Waals surface area contributed by atoms with Crippen molar-refractivity contribution >= 4 is 15.8 Å². The van der Waals surface area contributed by atoms with Crippen LogP contribution in [-0.2, 0) is 16.6 Å². The summed E-state index contributed by atoms with van der Waals surface area (Å²) in [6.07, 6.45) is 1.36. The standard InChI is InChI=1S/C19H16N2O3S/c22-18(16-10-5-2-6-11-16)17-12-7-13-20-19(17)25(23,24)21-14-15-8-3-1-4-9-15/h1-13,21H,14H2. The van der Waals surface area contributed by atoms with Gasteiger partial charge in [-0.2, -0.15) is 0 Å². The van der Waals surface area contributed by atoms with E-state index in [1.54, 1.807) is 36.4 Å². The first-order valence-corrected chi connectivity index (χ1v) is 9.14. The van der Waals surface area contributed by atoms with Crippen LogP contribution < -0.4 is 4.72 Å². The Balaban J connectivity index is 1.90. The van der Waals surface area contributed by atoms with E-state index in [-0.39, 0.29) is 22.9 Å². The van der Waals surface area contributed by atoms with Crippen LogP contribution in [0.4, 0.5) is 0 Å². The van der Waals surface area contributed by atoms with Gasteiger partial charge in [0.2, 0.25) is 0 Å². The zero-order valence-corrected chi connectivity index (χ0v) is 14.1. The minimum atomic E-state index is -3.92. The molecule has 0 radical (unpaired) electrons. The molecule has 0 fully saturated rings. The molecule has 0 bridgehead atoms. The lowest BCUT2D eigenvalue weighted by Crippen LogP contribution is -2.26. The van der Waals surface area contributed by atoms with Crippen LogP contribution in [0.3, 0.4) is 0 Å². The molecule has 0 atom stereocenters. The normalized spacial score (nSPS) is 11.2. The Bertz CT molecular complexity index is 972. The fraction of sp³-hybridized carbons (Fsp3) is 0.0526. The summed E-state index contributed by atoms with van der Waals surface area (Å²) in [4.78, 5) is 16.6. The highest BCUT2D eigenvalue weighted by molar-refractivity contribution is 7.89. The molecular formula is C19H16N2O3S. The molecule has 3 aromatic rings. The first-order chi connectivity index (χ1) is 12.1. The molecule has 1 N–H and O–H groups in total. The molecule has 1 heterocycles. The van der Waals surface area contributed by atoms with Gasteiger partial charge < -0.3 is 0 Å². The Labute approximate surface area is 146 Å². The second-order valence-electron chi connectivity index (χ2n) is 5.36. The lowest BCUT2D eigenvalue weighted by Gasteiger charge is -2.10. The monoisotopic (exact) mass is 352 g/mol. The Kier molecular flexibility index (Phi) is 5.02. The summed E-state index contributed by atoms with van der Waals surface area (Å²) in [5.74, 6) is -0.381. The Morgan fingerprint density at radius 2 is 1.52 bits per heavy atom. The number of hydrogen-bond donors (Lipinski definition) is 1. The third-order valence-corrected chi connectivity index (χ3v) is 4.97. The van der Waals surface area contributed by atoms with Crippen LogP contribution in [0.2, 0.25) is 0 Å². The average molecular weight is 352 g/mol. The number of ketones is 1. The smallest absolute Gasteiger partial charge is 0.259 e. The van der Waals surface area contributed by atoms with Gasteiger partial charge in [0, 0.05) is 18.3 Å². The van der Waals surface area contributed by atoms with E-state index in [1.807, 2.05) is 30.3 Å². The van der Waals surface area contributed by atoms with Crippen molar-refractivity contribution < 1.29 is 13.2 Å². The number of hydrogen-bond acceptors (Lipinski definition) is 4. The van der Waals surface area contributed by atoms with Gasteiger partial charge in [-0.3, -0.25) is 4.79 Å². The largest absolute Gasteiger partial charge is 0.289 e. The minimum Gasteiger partial charge on any atom is -0.289 e. The molecule has 0 saturated heterocycles. The predicted molar refractivity (Wildman–Crippen MR) is 94.6 cm³/mol. The molecule has 25 heavy (non-hydrogen) atoms. The van der Waals surface area contributed by atoms with Crippen LogP contribution in [0.25, 0.3) is 0 Å². The summed E-state index contributed by atoms with van der Waals surface area (Å²) in [6.45, 7) is 0.124. The molecule has 3 rings (SSSR count). The second kappa shape index (κ2) is 7.38. The molecule has 2 aromatic carbocycles. The van der Waals surface area contributed by atoms with Gasteiger partial charge in [0.1, 0.15) is 0 Å². The summed E-state index contributed by atoms with van der Waals surface area (Å²) < 4.78 is 27.8. The van der Waals surface area contributed by atoms with Crippen LogP contribution >= 0.6 is 0 Å². The van der Waals surface area contributed by atoms with Gasteiger partial charge in [-0.1, -0.05) is 60.7 Å². The number of nitrogens with one attached hydrogen (secondary N) is 1. The molecule has 6 heteroatoms. The van der Waals surface area contributed by atoms with Crippen molar-refractivity contribution in [2.75, 3.05) is 0 Å². The topological polar surface area (TPSA) is 76.1 Å². The van der Waals surface area contributed by atoms with Gasteiger partial charge in [0.15, 0.2) is 10.8 Å². The molecule has 0 aliphatic carbocycles. The number of pyridine rings is 1. The van der Waals surface area contributed by atoms with Gasteiger partial charge in [-0.25, -0.2) is 18.1 Å². The van der Waals surface area contributed by atoms with E-state index in [1.165, 1.54) is 12.3 Å². The van der Waals surface area contributed by atoms with Crippen LogP contribution in [0.15, 0.2) is 84.0 Å². The van der Waals surface area contributed by atoms with Crippen molar-refractivity contribution in [1.29, 1.82) is 0 Å². The van der Waals surface area contributed by atoms with Gasteiger partial charge in [-0.15, -0.1) is 0 Å². The molecule has 0 aliphatic rings. The molecular weight excluding hydrogens is 336 g/mol. The number of benzene rings is 2. The van der Waals surface area contributed by atoms with Crippen molar-refractivity contribution in [2.45, 2.75) is 11.6 Å².